The summed E-state index contributed by atoms with van der Waals surface area (Å²) >= 11 is 0. The molecule has 0 aliphatic rings. The van der Waals surface area contributed by atoms with Gasteiger partial charge < -0.3 is 4.98 Å². The number of rotatable bonds is 3. The molecule has 0 fully saturated rings. The lowest BCUT2D eigenvalue weighted by atomic mass is 10.1. The van der Waals surface area contributed by atoms with Gasteiger partial charge in [0, 0.05) is 17.3 Å². The Kier molecular flexibility index (Phi) is 2.58. The van der Waals surface area contributed by atoms with Crippen molar-refractivity contribution in [1.29, 1.82) is 0 Å². The fraction of sp³-hybridized carbons (Fsp3) is 0.308. The zero-order valence-corrected chi connectivity index (χ0v) is 9.13. The standard InChI is InChI=1S/C13H15NO/c1-3-9-6-5-7-11-10(9)8-12(14-11)13(15)4-2/h5-8,14H,3-4H2,1-2H3. The number of carbonyl (C=O) groups excluding carboxylic acids is 1. The molecular formula is C13H15NO. The van der Waals surface area contributed by atoms with Crippen molar-refractivity contribution in [3.05, 3.63) is 35.5 Å². The summed E-state index contributed by atoms with van der Waals surface area (Å²) in [5, 5.41) is 1.18. The number of hydrogen-bond acceptors (Lipinski definition) is 1. The van der Waals surface area contributed by atoms with E-state index >= 15 is 0 Å². The highest BCUT2D eigenvalue weighted by Gasteiger charge is 2.08. The second-order valence-electron chi connectivity index (χ2n) is 3.69. The van der Waals surface area contributed by atoms with Gasteiger partial charge in [0.1, 0.15) is 0 Å². The topological polar surface area (TPSA) is 32.9 Å². The molecule has 0 unspecified atom stereocenters. The van der Waals surface area contributed by atoms with Crippen LogP contribution in [0, 0.1) is 0 Å². The van der Waals surface area contributed by atoms with E-state index in [0.717, 1.165) is 17.6 Å². The molecule has 2 aromatic rings. The van der Waals surface area contributed by atoms with Crippen LogP contribution in [0.3, 0.4) is 0 Å². The number of benzene rings is 1. The summed E-state index contributed by atoms with van der Waals surface area (Å²) in [6.45, 7) is 4.01. The summed E-state index contributed by atoms with van der Waals surface area (Å²) < 4.78 is 0. The number of ketones is 1. The fourth-order valence-corrected chi connectivity index (χ4v) is 1.87. The third-order valence-corrected chi connectivity index (χ3v) is 2.76. The second-order valence-corrected chi connectivity index (χ2v) is 3.69. The van der Waals surface area contributed by atoms with Gasteiger partial charge in [0.05, 0.1) is 5.69 Å². The molecule has 2 nitrogen and oxygen atoms in total. The molecule has 0 saturated carbocycles. The van der Waals surface area contributed by atoms with Crippen molar-refractivity contribution < 1.29 is 4.79 Å². The molecule has 0 aliphatic carbocycles. The molecule has 0 spiro atoms. The Morgan fingerprint density at radius 3 is 2.80 bits per heavy atom. The Balaban J connectivity index is 2.60. The van der Waals surface area contributed by atoms with E-state index in [-0.39, 0.29) is 5.78 Å². The van der Waals surface area contributed by atoms with Crippen LogP contribution < -0.4 is 0 Å². The molecule has 0 aliphatic heterocycles. The van der Waals surface area contributed by atoms with E-state index in [1.807, 2.05) is 25.1 Å². The van der Waals surface area contributed by atoms with Crippen LogP contribution in [0.25, 0.3) is 10.9 Å². The summed E-state index contributed by atoms with van der Waals surface area (Å²) in [4.78, 5) is 14.7. The van der Waals surface area contributed by atoms with E-state index in [9.17, 15) is 4.79 Å². The first-order chi connectivity index (χ1) is 7.26. The monoisotopic (exact) mass is 201 g/mol. The quantitative estimate of drug-likeness (QED) is 0.759. The Bertz CT molecular complexity index is 496. The van der Waals surface area contributed by atoms with E-state index in [0.29, 0.717) is 6.42 Å². The molecule has 1 aromatic carbocycles. The molecule has 2 rings (SSSR count). The van der Waals surface area contributed by atoms with Crippen molar-refractivity contribution in [2.45, 2.75) is 26.7 Å². The maximum absolute atomic E-state index is 11.6. The van der Waals surface area contributed by atoms with Crippen LogP contribution in [0.4, 0.5) is 0 Å². The third-order valence-electron chi connectivity index (χ3n) is 2.76. The molecule has 15 heavy (non-hydrogen) atoms. The van der Waals surface area contributed by atoms with E-state index < -0.39 is 0 Å². The van der Waals surface area contributed by atoms with Crippen molar-refractivity contribution in [2.24, 2.45) is 0 Å². The molecule has 0 amide bonds. The summed E-state index contributed by atoms with van der Waals surface area (Å²) in [5.74, 6) is 0.174. The smallest absolute Gasteiger partial charge is 0.178 e. The van der Waals surface area contributed by atoms with Gasteiger partial charge in [-0.05, 0) is 24.1 Å². The summed E-state index contributed by atoms with van der Waals surface area (Å²) in [6.07, 6.45) is 1.54. The maximum Gasteiger partial charge on any atom is 0.178 e. The van der Waals surface area contributed by atoms with Crippen LogP contribution in [0.2, 0.25) is 0 Å². The third kappa shape index (κ3) is 1.67. The normalized spacial score (nSPS) is 10.8. The van der Waals surface area contributed by atoms with Crippen LogP contribution in [-0.4, -0.2) is 10.8 Å². The highest BCUT2D eigenvalue weighted by atomic mass is 16.1. The molecule has 2 heteroatoms. The molecule has 1 N–H and O–H groups in total. The minimum atomic E-state index is 0.174. The van der Waals surface area contributed by atoms with Crippen LogP contribution >= 0.6 is 0 Å². The van der Waals surface area contributed by atoms with Crippen LogP contribution in [0.15, 0.2) is 24.3 Å². The highest BCUT2D eigenvalue weighted by Crippen LogP contribution is 2.21. The van der Waals surface area contributed by atoms with Crippen molar-refractivity contribution in [1.82, 2.24) is 4.98 Å². The summed E-state index contributed by atoms with van der Waals surface area (Å²) in [5.41, 5.74) is 3.08. The summed E-state index contributed by atoms with van der Waals surface area (Å²) in [7, 11) is 0. The lowest BCUT2D eigenvalue weighted by Crippen LogP contribution is -1.95. The molecule has 1 aromatic heterocycles. The Labute approximate surface area is 89.3 Å². The molecule has 0 atom stereocenters. The number of aromatic nitrogens is 1. The second kappa shape index (κ2) is 3.89. The first-order valence-electron chi connectivity index (χ1n) is 5.40. The van der Waals surface area contributed by atoms with Crippen molar-refractivity contribution >= 4 is 16.7 Å². The number of fused-ring (bicyclic) bond motifs is 1. The average Bonchev–Trinajstić information content (AvgIpc) is 2.71. The number of aryl methyl sites for hydroxylation is 1. The fourth-order valence-electron chi connectivity index (χ4n) is 1.87. The van der Waals surface area contributed by atoms with Crippen LogP contribution in [0.5, 0.6) is 0 Å². The number of Topliss-reactive ketones (excluding diaryl/α,β-unsaturated/α-hetero) is 1. The zero-order chi connectivity index (χ0) is 10.8. The predicted molar refractivity (Wildman–Crippen MR) is 62.3 cm³/mol. The Morgan fingerprint density at radius 2 is 2.13 bits per heavy atom. The highest BCUT2D eigenvalue weighted by molar-refractivity contribution is 5.99. The largest absolute Gasteiger partial charge is 0.352 e. The SMILES string of the molecule is CCC(=O)c1cc2c(CC)cccc2[nH]1. The van der Waals surface area contributed by atoms with Crippen molar-refractivity contribution in [2.75, 3.05) is 0 Å². The van der Waals surface area contributed by atoms with Crippen LogP contribution in [-0.2, 0) is 6.42 Å². The lowest BCUT2D eigenvalue weighted by Gasteiger charge is -1.96. The molecule has 78 valence electrons. The maximum atomic E-state index is 11.6. The van der Waals surface area contributed by atoms with Gasteiger partial charge in [0.25, 0.3) is 0 Å². The molecule has 0 bridgehead atoms. The van der Waals surface area contributed by atoms with Gasteiger partial charge in [-0.1, -0.05) is 26.0 Å². The molecule has 0 saturated heterocycles. The van der Waals surface area contributed by atoms with E-state index in [1.165, 1.54) is 10.9 Å². The number of aromatic amines is 1. The minimum absolute atomic E-state index is 0.174. The van der Waals surface area contributed by atoms with Gasteiger partial charge in [-0.15, -0.1) is 0 Å². The van der Waals surface area contributed by atoms with Gasteiger partial charge in [-0.2, -0.15) is 0 Å². The lowest BCUT2D eigenvalue weighted by molar-refractivity contribution is 0.0984. The Hall–Kier alpha value is -1.57. The number of nitrogens with one attached hydrogen (secondary N) is 1. The van der Waals surface area contributed by atoms with Crippen molar-refractivity contribution in [3.8, 4) is 0 Å². The number of hydrogen-bond donors (Lipinski definition) is 1. The van der Waals surface area contributed by atoms with E-state index in [4.69, 9.17) is 0 Å². The molecule has 0 radical (unpaired) electrons. The van der Waals surface area contributed by atoms with Gasteiger partial charge in [0.2, 0.25) is 0 Å². The predicted octanol–water partition coefficient (Wildman–Crippen LogP) is 3.32. The number of H-pyrrole nitrogens is 1. The molecule has 1 heterocycles. The first kappa shape index (κ1) is 9.97. The summed E-state index contributed by atoms with van der Waals surface area (Å²) in [6, 6.07) is 8.12. The average molecular weight is 201 g/mol. The van der Waals surface area contributed by atoms with E-state index in [1.54, 1.807) is 0 Å². The first-order valence-corrected chi connectivity index (χ1v) is 5.40. The van der Waals surface area contributed by atoms with Gasteiger partial charge in [-0.3, -0.25) is 4.79 Å². The van der Waals surface area contributed by atoms with Gasteiger partial charge in [-0.25, -0.2) is 0 Å². The molecular weight excluding hydrogens is 186 g/mol. The van der Waals surface area contributed by atoms with Crippen molar-refractivity contribution in [3.63, 3.8) is 0 Å². The minimum Gasteiger partial charge on any atom is -0.352 e. The van der Waals surface area contributed by atoms with Gasteiger partial charge >= 0.3 is 0 Å². The number of carbonyl (C=O) groups is 1. The van der Waals surface area contributed by atoms with Crippen LogP contribution in [0.1, 0.15) is 36.3 Å². The Morgan fingerprint density at radius 1 is 1.33 bits per heavy atom. The van der Waals surface area contributed by atoms with E-state index in [2.05, 4.69) is 18.0 Å². The zero-order valence-electron chi connectivity index (χ0n) is 9.13. The van der Waals surface area contributed by atoms with Gasteiger partial charge in [0.15, 0.2) is 5.78 Å².